The maximum absolute atomic E-state index is 12.9. The molecule has 2 aliphatic rings. The predicted octanol–water partition coefficient (Wildman–Crippen LogP) is 3.25. The maximum Gasteiger partial charge on any atom is 0.264 e. The summed E-state index contributed by atoms with van der Waals surface area (Å²) in [6.07, 6.45) is 0.796. The first-order valence-electron chi connectivity index (χ1n) is 9.30. The van der Waals surface area contributed by atoms with Gasteiger partial charge in [0.1, 0.15) is 5.84 Å². The molecule has 8 heteroatoms. The van der Waals surface area contributed by atoms with E-state index in [1.807, 2.05) is 17.0 Å². The predicted molar refractivity (Wildman–Crippen MR) is 114 cm³/mol. The molecule has 0 aliphatic carbocycles. The number of hydrogen-bond acceptors (Lipinski definition) is 5. The van der Waals surface area contributed by atoms with Crippen molar-refractivity contribution >= 4 is 40.4 Å². The van der Waals surface area contributed by atoms with E-state index in [0.29, 0.717) is 35.5 Å². The fourth-order valence-corrected chi connectivity index (χ4v) is 4.75. The van der Waals surface area contributed by atoms with Crippen molar-refractivity contribution in [3.05, 3.63) is 51.2 Å². The molecule has 1 aromatic carbocycles. The van der Waals surface area contributed by atoms with Crippen molar-refractivity contribution in [3.63, 3.8) is 0 Å². The minimum absolute atomic E-state index is 0.0218. The molecule has 28 heavy (non-hydrogen) atoms. The fourth-order valence-electron chi connectivity index (χ4n) is 3.74. The Hall–Kier alpha value is -1.93. The number of halogens is 1. The van der Waals surface area contributed by atoms with E-state index < -0.39 is 5.54 Å². The zero-order valence-corrected chi connectivity index (χ0v) is 17.3. The molecular formula is C20H23ClN4O2S. The van der Waals surface area contributed by atoms with Crippen molar-refractivity contribution in [2.24, 2.45) is 4.99 Å². The second kappa shape index (κ2) is 8.21. The van der Waals surface area contributed by atoms with Crippen LogP contribution in [0.2, 0.25) is 4.34 Å². The van der Waals surface area contributed by atoms with Gasteiger partial charge in [0.15, 0.2) is 0 Å². The number of carbonyl (C=O) groups excluding carboxylic acids is 1. The van der Waals surface area contributed by atoms with E-state index in [1.165, 1.54) is 16.9 Å². The van der Waals surface area contributed by atoms with E-state index in [2.05, 4.69) is 22.8 Å². The van der Waals surface area contributed by atoms with E-state index in [0.717, 1.165) is 24.5 Å². The van der Waals surface area contributed by atoms with Crippen LogP contribution in [0.1, 0.15) is 21.7 Å². The first-order chi connectivity index (χ1) is 13.6. The molecule has 0 bridgehead atoms. The van der Waals surface area contributed by atoms with E-state index in [4.69, 9.17) is 21.3 Å². The van der Waals surface area contributed by atoms with Gasteiger partial charge in [0, 0.05) is 32.4 Å². The lowest BCUT2D eigenvalue weighted by atomic mass is 9.96. The molecule has 148 valence electrons. The Labute approximate surface area is 173 Å². The molecule has 1 saturated heterocycles. The van der Waals surface area contributed by atoms with Crippen LogP contribution in [0, 0.1) is 0 Å². The highest BCUT2D eigenvalue weighted by Gasteiger charge is 2.45. The number of rotatable bonds is 4. The fraction of sp³-hybridized carbons (Fsp3) is 0.400. The van der Waals surface area contributed by atoms with Crippen molar-refractivity contribution in [1.82, 2.24) is 10.2 Å². The Morgan fingerprint density at radius 3 is 3.00 bits per heavy atom. The Kier molecular flexibility index (Phi) is 5.68. The molecule has 1 atom stereocenters. The second-order valence-electron chi connectivity index (χ2n) is 7.02. The van der Waals surface area contributed by atoms with E-state index in [9.17, 15) is 4.79 Å². The monoisotopic (exact) mass is 418 g/mol. The summed E-state index contributed by atoms with van der Waals surface area (Å²) in [6, 6.07) is 11.8. The summed E-state index contributed by atoms with van der Waals surface area (Å²) in [5.41, 5.74) is 1.84. The highest BCUT2D eigenvalue weighted by Crippen LogP contribution is 2.31. The third kappa shape index (κ3) is 3.80. The number of amides is 1. The smallest absolute Gasteiger partial charge is 0.264 e. The molecule has 2 aliphatic heterocycles. The van der Waals surface area contributed by atoms with Crippen molar-refractivity contribution in [1.29, 1.82) is 0 Å². The number of hydrogen-bond donors (Lipinski definition) is 2. The summed E-state index contributed by atoms with van der Waals surface area (Å²) in [6.45, 7) is 3.08. The van der Waals surface area contributed by atoms with Gasteiger partial charge in [-0.3, -0.25) is 15.1 Å². The van der Waals surface area contributed by atoms with E-state index in [1.54, 1.807) is 19.2 Å². The number of thiophene rings is 1. The quantitative estimate of drug-likeness (QED) is 0.748. The largest absolute Gasteiger partial charge is 0.383 e. The third-order valence-corrected chi connectivity index (χ3v) is 6.47. The Morgan fingerprint density at radius 1 is 1.36 bits per heavy atom. The van der Waals surface area contributed by atoms with Gasteiger partial charge in [0.25, 0.3) is 5.91 Å². The Morgan fingerprint density at radius 2 is 2.21 bits per heavy atom. The molecule has 4 rings (SSSR count). The second-order valence-corrected chi connectivity index (χ2v) is 8.74. The van der Waals surface area contributed by atoms with Crippen LogP contribution >= 0.6 is 22.9 Å². The topological polar surface area (TPSA) is 66.0 Å². The number of anilines is 1. The normalized spacial score (nSPS) is 22.9. The van der Waals surface area contributed by atoms with Crippen LogP contribution in [0.25, 0.3) is 0 Å². The number of nitrogens with one attached hydrogen (secondary N) is 2. The number of ether oxygens (including phenoxy) is 1. The minimum Gasteiger partial charge on any atom is -0.383 e. The van der Waals surface area contributed by atoms with Gasteiger partial charge in [-0.2, -0.15) is 0 Å². The average molecular weight is 419 g/mol. The first-order valence-corrected chi connectivity index (χ1v) is 10.5. The SMILES string of the molecule is COCCN=C1Nc2ccccc2CN[C@]12CCN(C(=O)c1ccc(Cl)s1)C2. The summed E-state index contributed by atoms with van der Waals surface area (Å²) in [4.78, 5) is 20.3. The van der Waals surface area contributed by atoms with E-state index >= 15 is 0 Å². The number of para-hydroxylation sites is 1. The Bertz CT molecular complexity index is 900. The van der Waals surface area contributed by atoms with E-state index in [-0.39, 0.29) is 5.91 Å². The molecule has 2 N–H and O–H groups in total. The van der Waals surface area contributed by atoms with Gasteiger partial charge in [0.2, 0.25) is 0 Å². The molecule has 6 nitrogen and oxygen atoms in total. The summed E-state index contributed by atoms with van der Waals surface area (Å²) < 4.78 is 5.80. The lowest BCUT2D eigenvalue weighted by molar-refractivity contribution is 0.0790. The van der Waals surface area contributed by atoms with Gasteiger partial charge in [-0.05, 0) is 30.2 Å². The van der Waals surface area contributed by atoms with Crippen molar-refractivity contribution < 1.29 is 9.53 Å². The van der Waals surface area contributed by atoms with Crippen LogP contribution in [-0.4, -0.2) is 55.5 Å². The molecule has 1 amide bonds. The van der Waals surface area contributed by atoms with Crippen molar-refractivity contribution in [3.8, 4) is 0 Å². The highest BCUT2D eigenvalue weighted by molar-refractivity contribution is 7.17. The summed E-state index contributed by atoms with van der Waals surface area (Å²) in [5, 5.41) is 7.21. The number of methoxy groups -OCH3 is 1. The summed E-state index contributed by atoms with van der Waals surface area (Å²) in [5.74, 6) is 0.891. The van der Waals surface area contributed by atoms with Crippen LogP contribution in [0.4, 0.5) is 5.69 Å². The standard InChI is InChI=1S/C20H23ClN4O2S/c1-27-11-9-22-19-20(23-12-14-4-2-3-5-15(14)24-19)8-10-25(13-20)18(26)16-6-7-17(21)28-16/h2-7,23H,8-13H2,1H3,(H,22,24)/t20-/m0/s1. The zero-order chi connectivity index (χ0) is 19.6. The number of carbonyl (C=O) groups is 1. The molecule has 1 fully saturated rings. The van der Waals surface area contributed by atoms with Gasteiger partial charge in [-0.25, -0.2) is 0 Å². The Balaban J connectivity index is 1.60. The number of amidine groups is 1. The van der Waals surface area contributed by atoms with Gasteiger partial charge >= 0.3 is 0 Å². The number of nitrogens with zero attached hydrogens (tertiary/aromatic N) is 2. The van der Waals surface area contributed by atoms with Crippen molar-refractivity contribution in [2.45, 2.75) is 18.5 Å². The highest BCUT2D eigenvalue weighted by atomic mass is 35.5. The van der Waals surface area contributed by atoms with Gasteiger partial charge in [-0.1, -0.05) is 29.8 Å². The van der Waals surface area contributed by atoms with Gasteiger partial charge in [-0.15, -0.1) is 11.3 Å². The number of fused-ring (bicyclic) bond motifs is 1. The van der Waals surface area contributed by atoms with Crippen molar-refractivity contribution in [2.75, 3.05) is 38.7 Å². The minimum atomic E-state index is -0.399. The lowest BCUT2D eigenvalue weighted by Gasteiger charge is -2.30. The lowest BCUT2D eigenvalue weighted by Crippen LogP contribution is -2.55. The molecular weight excluding hydrogens is 396 g/mol. The first kappa shape index (κ1) is 19.4. The molecule has 0 radical (unpaired) electrons. The van der Waals surface area contributed by atoms with Crippen LogP contribution in [0.3, 0.4) is 0 Å². The zero-order valence-electron chi connectivity index (χ0n) is 15.7. The summed E-state index contributed by atoms with van der Waals surface area (Å²) in [7, 11) is 1.67. The van der Waals surface area contributed by atoms with Crippen LogP contribution in [-0.2, 0) is 11.3 Å². The number of aliphatic imine (C=N–C) groups is 1. The molecule has 0 saturated carbocycles. The average Bonchev–Trinajstić information content (AvgIpc) is 3.29. The molecule has 3 heterocycles. The number of benzene rings is 1. The van der Waals surface area contributed by atoms with Gasteiger partial charge in [0.05, 0.1) is 27.9 Å². The maximum atomic E-state index is 12.9. The van der Waals surface area contributed by atoms with Gasteiger partial charge < -0.3 is 15.0 Å². The third-order valence-electron chi connectivity index (χ3n) is 5.25. The molecule has 1 aromatic heterocycles. The summed E-state index contributed by atoms with van der Waals surface area (Å²) >= 11 is 7.34. The molecule has 2 aromatic rings. The van der Waals surface area contributed by atoms with Crippen LogP contribution in [0.5, 0.6) is 0 Å². The number of likely N-dealkylation sites (tertiary alicyclic amines) is 1. The molecule has 0 unspecified atom stereocenters. The molecule has 1 spiro atoms. The van der Waals surface area contributed by atoms with Crippen LogP contribution < -0.4 is 10.6 Å². The van der Waals surface area contributed by atoms with Crippen LogP contribution in [0.15, 0.2) is 41.4 Å².